The standard InChI is InChI=1S/C16H17F2N3O/c17-7-9-20-16(22)21-15(13-5-3-8-19-11-13)10-12-4-1-2-6-14(12)18/h1-6,8,11,15H,7,9-10H2,(H2,20,21,22). The van der Waals surface area contributed by atoms with Crippen LogP contribution in [0.4, 0.5) is 13.6 Å². The molecule has 2 rings (SSSR count). The Morgan fingerprint density at radius 3 is 2.73 bits per heavy atom. The summed E-state index contributed by atoms with van der Waals surface area (Å²) in [6.07, 6.45) is 3.51. The first-order valence-electron chi connectivity index (χ1n) is 6.94. The van der Waals surface area contributed by atoms with Crippen molar-refractivity contribution in [3.05, 3.63) is 65.7 Å². The second-order valence-corrected chi connectivity index (χ2v) is 4.72. The van der Waals surface area contributed by atoms with Gasteiger partial charge < -0.3 is 10.6 Å². The zero-order valence-corrected chi connectivity index (χ0v) is 11.9. The number of alkyl halides is 1. The van der Waals surface area contributed by atoms with Crippen LogP contribution >= 0.6 is 0 Å². The molecule has 0 radical (unpaired) electrons. The van der Waals surface area contributed by atoms with Gasteiger partial charge in [-0.05, 0) is 29.7 Å². The fourth-order valence-corrected chi connectivity index (χ4v) is 2.09. The number of rotatable bonds is 6. The van der Waals surface area contributed by atoms with E-state index in [-0.39, 0.29) is 18.8 Å². The quantitative estimate of drug-likeness (QED) is 0.862. The maximum absolute atomic E-state index is 13.8. The molecule has 1 aromatic heterocycles. The van der Waals surface area contributed by atoms with E-state index in [4.69, 9.17) is 0 Å². The molecule has 4 nitrogen and oxygen atoms in total. The number of carbonyl (C=O) groups excluding carboxylic acids is 1. The molecule has 2 N–H and O–H groups in total. The van der Waals surface area contributed by atoms with Crippen LogP contribution in [-0.4, -0.2) is 24.2 Å². The molecule has 1 atom stereocenters. The summed E-state index contributed by atoms with van der Waals surface area (Å²) in [6.45, 7) is -0.705. The van der Waals surface area contributed by atoms with Gasteiger partial charge in [0.1, 0.15) is 12.5 Å². The van der Waals surface area contributed by atoms with E-state index in [1.165, 1.54) is 6.07 Å². The Kier molecular flexibility index (Phi) is 5.82. The van der Waals surface area contributed by atoms with Crippen LogP contribution in [0.15, 0.2) is 48.8 Å². The Labute approximate surface area is 127 Å². The third-order valence-corrected chi connectivity index (χ3v) is 3.15. The predicted octanol–water partition coefficient (Wildman–Crippen LogP) is 2.77. The molecule has 6 heteroatoms. The molecule has 0 aliphatic carbocycles. The van der Waals surface area contributed by atoms with Crippen LogP contribution in [-0.2, 0) is 6.42 Å². The Hall–Kier alpha value is -2.50. The number of halogens is 2. The van der Waals surface area contributed by atoms with Gasteiger partial charge in [-0.3, -0.25) is 4.98 Å². The van der Waals surface area contributed by atoms with Crippen LogP contribution < -0.4 is 10.6 Å². The summed E-state index contributed by atoms with van der Waals surface area (Å²) in [5.41, 5.74) is 1.24. The predicted molar refractivity (Wildman–Crippen MR) is 79.6 cm³/mol. The van der Waals surface area contributed by atoms with E-state index in [1.807, 2.05) is 0 Å². The van der Waals surface area contributed by atoms with Gasteiger partial charge in [0.2, 0.25) is 0 Å². The topological polar surface area (TPSA) is 54.0 Å². The van der Waals surface area contributed by atoms with Gasteiger partial charge in [0.05, 0.1) is 6.04 Å². The average Bonchev–Trinajstić information content (AvgIpc) is 2.55. The van der Waals surface area contributed by atoms with Crippen molar-refractivity contribution in [2.75, 3.05) is 13.2 Å². The summed E-state index contributed by atoms with van der Waals surface area (Å²) in [4.78, 5) is 15.8. The van der Waals surface area contributed by atoms with Crippen molar-refractivity contribution < 1.29 is 13.6 Å². The van der Waals surface area contributed by atoms with Gasteiger partial charge in [0.25, 0.3) is 0 Å². The largest absolute Gasteiger partial charge is 0.336 e. The van der Waals surface area contributed by atoms with Crippen molar-refractivity contribution >= 4 is 6.03 Å². The number of carbonyl (C=O) groups is 1. The summed E-state index contributed by atoms with van der Waals surface area (Å²) in [5.74, 6) is -0.331. The summed E-state index contributed by atoms with van der Waals surface area (Å²) in [6, 6.07) is 8.98. The third kappa shape index (κ3) is 4.51. The van der Waals surface area contributed by atoms with E-state index < -0.39 is 18.7 Å². The van der Waals surface area contributed by atoms with E-state index in [9.17, 15) is 13.6 Å². The molecule has 0 aliphatic heterocycles. The van der Waals surface area contributed by atoms with Crippen LogP contribution in [0.25, 0.3) is 0 Å². The lowest BCUT2D eigenvalue weighted by Gasteiger charge is -2.19. The Morgan fingerprint density at radius 1 is 1.23 bits per heavy atom. The van der Waals surface area contributed by atoms with Crippen LogP contribution in [0, 0.1) is 5.82 Å². The first-order chi connectivity index (χ1) is 10.7. The normalized spacial score (nSPS) is 11.7. The van der Waals surface area contributed by atoms with Gasteiger partial charge in [-0.2, -0.15) is 0 Å². The Balaban J connectivity index is 2.15. The molecule has 2 amide bonds. The maximum Gasteiger partial charge on any atom is 0.315 e. The monoisotopic (exact) mass is 305 g/mol. The molecule has 0 saturated heterocycles. The van der Waals surface area contributed by atoms with E-state index >= 15 is 0 Å². The smallest absolute Gasteiger partial charge is 0.315 e. The summed E-state index contributed by atoms with van der Waals surface area (Å²) in [7, 11) is 0. The number of nitrogens with zero attached hydrogens (tertiary/aromatic N) is 1. The molecule has 0 saturated carbocycles. The molecule has 2 aromatic rings. The maximum atomic E-state index is 13.8. The van der Waals surface area contributed by atoms with E-state index in [0.717, 1.165) is 5.56 Å². The minimum absolute atomic E-state index is 0.0642. The van der Waals surface area contributed by atoms with Crippen LogP contribution in [0.3, 0.4) is 0 Å². The minimum Gasteiger partial charge on any atom is -0.336 e. The molecule has 0 bridgehead atoms. The first kappa shape index (κ1) is 15.9. The van der Waals surface area contributed by atoms with Gasteiger partial charge >= 0.3 is 6.03 Å². The summed E-state index contributed by atoms with van der Waals surface area (Å²) >= 11 is 0. The van der Waals surface area contributed by atoms with Crippen molar-refractivity contribution in [2.24, 2.45) is 0 Å². The first-order valence-corrected chi connectivity index (χ1v) is 6.94. The zero-order valence-electron chi connectivity index (χ0n) is 11.9. The SMILES string of the molecule is O=C(NCCF)NC(Cc1ccccc1F)c1cccnc1. The van der Waals surface area contributed by atoms with Gasteiger partial charge in [-0.15, -0.1) is 0 Å². The lowest BCUT2D eigenvalue weighted by molar-refractivity contribution is 0.235. The second kappa shape index (κ2) is 8.07. The molecule has 0 spiro atoms. The van der Waals surface area contributed by atoms with E-state index in [2.05, 4.69) is 15.6 Å². The number of amides is 2. The van der Waals surface area contributed by atoms with Crippen LogP contribution in [0.1, 0.15) is 17.2 Å². The lowest BCUT2D eigenvalue weighted by atomic mass is 10.00. The number of hydrogen-bond donors (Lipinski definition) is 2. The highest BCUT2D eigenvalue weighted by Crippen LogP contribution is 2.19. The highest BCUT2D eigenvalue weighted by Gasteiger charge is 2.17. The van der Waals surface area contributed by atoms with E-state index in [1.54, 1.807) is 42.7 Å². The fraction of sp³-hybridized carbons (Fsp3) is 0.250. The van der Waals surface area contributed by atoms with Crippen molar-refractivity contribution in [3.8, 4) is 0 Å². The molecule has 0 fully saturated rings. The van der Waals surface area contributed by atoms with Crippen molar-refractivity contribution in [1.82, 2.24) is 15.6 Å². The van der Waals surface area contributed by atoms with Gasteiger partial charge in [0.15, 0.2) is 0 Å². The number of urea groups is 1. The molecule has 22 heavy (non-hydrogen) atoms. The molecule has 0 aliphatic rings. The Morgan fingerprint density at radius 2 is 2.05 bits per heavy atom. The van der Waals surface area contributed by atoms with Crippen molar-refractivity contribution in [2.45, 2.75) is 12.5 Å². The molecular formula is C16H17F2N3O. The average molecular weight is 305 g/mol. The molecule has 1 heterocycles. The third-order valence-electron chi connectivity index (χ3n) is 3.15. The van der Waals surface area contributed by atoms with Crippen molar-refractivity contribution in [3.63, 3.8) is 0 Å². The minimum atomic E-state index is -0.641. The molecule has 1 aromatic carbocycles. The number of nitrogens with one attached hydrogen (secondary N) is 2. The van der Waals surface area contributed by atoms with E-state index in [0.29, 0.717) is 5.56 Å². The summed E-state index contributed by atoms with van der Waals surface area (Å²) in [5, 5.41) is 5.11. The number of hydrogen-bond acceptors (Lipinski definition) is 2. The highest BCUT2D eigenvalue weighted by molar-refractivity contribution is 5.74. The molecule has 116 valence electrons. The second-order valence-electron chi connectivity index (χ2n) is 4.72. The van der Waals surface area contributed by atoms with Gasteiger partial charge in [-0.25, -0.2) is 13.6 Å². The van der Waals surface area contributed by atoms with Crippen LogP contribution in [0.5, 0.6) is 0 Å². The molecule has 1 unspecified atom stereocenters. The molecular weight excluding hydrogens is 288 g/mol. The number of aromatic nitrogens is 1. The summed E-state index contributed by atoms with van der Waals surface area (Å²) < 4.78 is 25.9. The van der Waals surface area contributed by atoms with Crippen LogP contribution in [0.2, 0.25) is 0 Å². The van der Waals surface area contributed by atoms with Gasteiger partial charge in [-0.1, -0.05) is 24.3 Å². The number of pyridine rings is 1. The lowest BCUT2D eigenvalue weighted by Crippen LogP contribution is -2.39. The number of benzene rings is 1. The Bertz CT molecular complexity index is 607. The van der Waals surface area contributed by atoms with Crippen molar-refractivity contribution in [1.29, 1.82) is 0 Å². The van der Waals surface area contributed by atoms with Gasteiger partial charge in [0, 0.05) is 18.9 Å². The zero-order chi connectivity index (χ0) is 15.8. The fourth-order valence-electron chi connectivity index (χ4n) is 2.09. The highest BCUT2D eigenvalue weighted by atomic mass is 19.1.